The van der Waals surface area contributed by atoms with Gasteiger partial charge in [0.2, 0.25) is 0 Å². The number of ether oxygens (including phenoxy) is 1. The fraction of sp³-hybridized carbons (Fsp3) is 0.500. The Labute approximate surface area is 203 Å². The van der Waals surface area contributed by atoms with Crippen LogP contribution >= 0.6 is 11.8 Å². The molecule has 2 atom stereocenters. The molecule has 2 aromatic carbocycles. The number of carboxylic acids is 1. The molecule has 0 heterocycles. The Bertz CT molecular complexity index is 882. The lowest BCUT2D eigenvalue weighted by atomic mass is 9.87. The van der Waals surface area contributed by atoms with Gasteiger partial charge in [-0.1, -0.05) is 56.2 Å². The van der Waals surface area contributed by atoms with Crippen LogP contribution in [0.1, 0.15) is 65.4 Å². The largest absolute Gasteiger partial charge is 0.481 e. The molecule has 0 aromatic heterocycles. The number of thioether (sulfide) groups is 1. The van der Waals surface area contributed by atoms with Crippen LogP contribution in [0.4, 0.5) is 0 Å². The highest BCUT2D eigenvalue weighted by atomic mass is 32.2. The molecule has 0 amide bonds. The standard InChI is InChI=1S/C28H38O4S/c1-6-7-8-24(27(31)32-28(2,3)4)19-23(26(29)30)14-11-20-9-12-21(13-10-20)22-15-17-25(33-5)18-16-22/h9-10,12-13,15-18,23-24H,6-8,11,14,19H2,1-5H3,(H,29,30)/t23-,24+/m1/s1. The Morgan fingerprint density at radius 2 is 1.52 bits per heavy atom. The van der Waals surface area contributed by atoms with Crippen molar-refractivity contribution in [2.24, 2.45) is 11.8 Å². The minimum absolute atomic E-state index is 0.279. The molecular weight excluding hydrogens is 432 g/mol. The molecule has 5 heteroatoms. The van der Waals surface area contributed by atoms with E-state index in [4.69, 9.17) is 4.74 Å². The number of unbranched alkanes of at least 4 members (excludes halogenated alkanes) is 1. The van der Waals surface area contributed by atoms with E-state index in [1.54, 1.807) is 11.8 Å². The van der Waals surface area contributed by atoms with E-state index in [0.29, 0.717) is 25.7 Å². The van der Waals surface area contributed by atoms with Gasteiger partial charge < -0.3 is 9.84 Å². The van der Waals surface area contributed by atoms with Gasteiger partial charge in [-0.2, -0.15) is 0 Å². The molecule has 0 saturated heterocycles. The third kappa shape index (κ3) is 9.24. The fourth-order valence-corrected chi connectivity index (χ4v) is 4.25. The molecule has 0 aliphatic carbocycles. The lowest BCUT2D eigenvalue weighted by molar-refractivity contribution is -0.161. The predicted molar refractivity (Wildman–Crippen MR) is 137 cm³/mol. The molecular formula is C28H38O4S. The van der Waals surface area contributed by atoms with Crippen LogP contribution in [0.2, 0.25) is 0 Å². The molecule has 2 rings (SSSR count). The Morgan fingerprint density at radius 1 is 0.939 bits per heavy atom. The van der Waals surface area contributed by atoms with E-state index in [2.05, 4.69) is 61.7 Å². The summed E-state index contributed by atoms with van der Waals surface area (Å²) >= 11 is 1.72. The van der Waals surface area contributed by atoms with E-state index in [1.165, 1.54) is 10.5 Å². The summed E-state index contributed by atoms with van der Waals surface area (Å²) < 4.78 is 5.58. The summed E-state index contributed by atoms with van der Waals surface area (Å²) in [5.74, 6) is -2.07. The molecule has 0 fully saturated rings. The highest BCUT2D eigenvalue weighted by Gasteiger charge is 2.30. The topological polar surface area (TPSA) is 63.6 Å². The van der Waals surface area contributed by atoms with Crippen LogP contribution in [0, 0.1) is 11.8 Å². The van der Waals surface area contributed by atoms with Crippen molar-refractivity contribution in [2.75, 3.05) is 6.26 Å². The molecule has 0 spiro atoms. The first kappa shape index (κ1) is 27.0. The molecule has 0 radical (unpaired) electrons. The fourth-order valence-electron chi connectivity index (χ4n) is 3.84. The predicted octanol–water partition coefficient (Wildman–Crippen LogP) is 7.25. The van der Waals surface area contributed by atoms with E-state index in [9.17, 15) is 14.7 Å². The van der Waals surface area contributed by atoms with Crippen molar-refractivity contribution in [2.45, 2.75) is 76.7 Å². The van der Waals surface area contributed by atoms with Gasteiger partial charge in [-0.3, -0.25) is 9.59 Å². The molecule has 0 saturated carbocycles. The summed E-state index contributed by atoms with van der Waals surface area (Å²) in [6, 6.07) is 16.8. The second-order valence-electron chi connectivity index (χ2n) is 9.61. The maximum absolute atomic E-state index is 12.7. The highest BCUT2D eigenvalue weighted by molar-refractivity contribution is 7.98. The Kier molecular flexibility index (Phi) is 10.5. The van der Waals surface area contributed by atoms with Crippen molar-refractivity contribution in [1.82, 2.24) is 0 Å². The number of carbonyl (C=O) groups excluding carboxylic acids is 1. The zero-order valence-electron chi connectivity index (χ0n) is 20.6. The van der Waals surface area contributed by atoms with Crippen LogP contribution in [-0.2, 0) is 20.7 Å². The van der Waals surface area contributed by atoms with Gasteiger partial charge in [-0.25, -0.2) is 0 Å². The summed E-state index contributed by atoms with van der Waals surface area (Å²) in [5, 5.41) is 9.82. The average molecular weight is 471 g/mol. The minimum Gasteiger partial charge on any atom is -0.481 e. The van der Waals surface area contributed by atoms with E-state index >= 15 is 0 Å². The average Bonchev–Trinajstić information content (AvgIpc) is 2.77. The van der Waals surface area contributed by atoms with E-state index < -0.39 is 17.5 Å². The summed E-state index contributed by atoms with van der Waals surface area (Å²) in [7, 11) is 0. The van der Waals surface area contributed by atoms with Gasteiger partial charge in [0.1, 0.15) is 5.60 Å². The molecule has 0 aliphatic heterocycles. The normalized spacial score (nSPS) is 13.4. The molecule has 4 nitrogen and oxygen atoms in total. The monoisotopic (exact) mass is 470 g/mol. The lowest BCUT2D eigenvalue weighted by Gasteiger charge is -2.25. The third-order valence-electron chi connectivity index (χ3n) is 5.72. The summed E-state index contributed by atoms with van der Waals surface area (Å²) in [6.07, 6.45) is 6.07. The minimum atomic E-state index is -0.842. The molecule has 0 unspecified atom stereocenters. The third-order valence-corrected chi connectivity index (χ3v) is 6.47. The first-order chi connectivity index (χ1) is 15.6. The van der Waals surface area contributed by atoms with Crippen molar-refractivity contribution < 1.29 is 19.4 Å². The number of hydrogen-bond donors (Lipinski definition) is 1. The quantitative estimate of drug-likeness (QED) is 0.261. The zero-order chi connectivity index (χ0) is 24.4. The number of esters is 1. The Morgan fingerprint density at radius 3 is 2.00 bits per heavy atom. The molecule has 0 aliphatic rings. The van der Waals surface area contributed by atoms with Crippen LogP contribution in [-0.4, -0.2) is 28.9 Å². The maximum Gasteiger partial charge on any atom is 0.309 e. The molecule has 0 bridgehead atoms. The van der Waals surface area contributed by atoms with Crippen molar-refractivity contribution in [3.8, 4) is 11.1 Å². The van der Waals surface area contributed by atoms with Gasteiger partial charge in [0.15, 0.2) is 0 Å². The molecule has 1 N–H and O–H groups in total. The van der Waals surface area contributed by atoms with Gasteiger partial charge in [0, 0.05) is 4.90 Å². The number of hydrogen-bond acceptors (Lipinski definition) is 4. The van der Waals surface area contributed by atoms with Gasteiger partial charge in [0.25, 0.3) is 0 Å². The van der Waals surface area contributed by atoms with Gasteiger partial charge >= 0.3 is 11.9 Å². The Hall–Kier alpha value is -2.27. The second kappa shape index (κ2) is 12.8. The zero-order valence-corrected chi connectivity index (χ0v) is 21.4. The van der Waals surface area contributed by atoms with Crippen LogP contribution in [0.5, 0.6) is 0 Å². The van der Waals surface area contributed by atoms with E-state index in [-0.39, 0.29) is 11.9 Å². The number of benzene rings is 2. The van der Waals surface area contributed by atoms with Crippen LogP contribution in [0.3, 0.4) is 0 Å². The SMILES string of the molecule is CCCC[C@@H](C[C@@H](CCc1ccc(-c2ccc(SC)cc2)cc1)C(=O)O)C(=O)OC(C)(C)C. The summed E-state index contributed by atoms with van der Waals surface area (Å²) in [4.78, 5) is 25.9. The van der Waals surface area contributed by atoms with Gasteiger partial charge in [-0.15, -0.1) is 11.8 Å². The van der Waals surface area contributed by atoms with Crippen LogP contribution < -0.4 is 0 Å². The first-order valence-electron chi connectivity index (χ1n) is 11.8. The van der Waals surface area contributed by atoms with Crippen molar-refractivity contribution >= 4 is 23.7 Å². The number of carbonyl (C=O) groups is 2. The Balaban J connectivity index is 2.02. The van der Waals surface area contributed by atoms with E-state index in [1.807, 2.05) is 20.8 Å². The number of aryl methyl sites for hydroxylation is 1. The molecule has 33 heavy (non-hydrogen) atoms. The number of carboxylic acid groups (broad SMARTS) is 1. The van der Waals surface area contributed by atoms with Gasteiger partial charge in [0.05, 0.1) is 11.8 Å². The first-order valence-corrected chi connectivity index (χ1v) is 13.0. The smallest absolute Gasteiger partial charge is 0.309 e. The lowest BCUT2D eigenvalue weighted by Crippen LogP contribution is -2.31. The van der Waals surface area contributed by atoms with Crippen molar-refractivity contribution in [3.05, 3.63) is 54.1 Å². The highest BCUT2D eigenvalue weighted by Crippen LogP contribution is 2.27. The molecule has 2 aromatic rings. The van der Waals surface area contributed by atoms with Gasteiger partial charge in [-0.05, 0) is 81.5 Å². The van der Waals surface area contributed by atoms with Crippen LogP contribution in [0.15, 0.2) is 53.4 Å². The maximum atomic E-state index is 12.7. The van der Waals surface area contributed by atoms with Crippen molar-refractivity contribution in [3.63, 3.8) is 0 Å². The summed E-state index contributed by atoms with van der Waals surface area (Å²) in [6.45, 7) is 7.60. The van der Waals surface area contributed by atoms with E-state index in [0.717, 1.165) is 24.0 Å². The molecule has 180 valence electrons. The second-order valence-corrected chi connectivity index (χ2v) is 10.5. The summed E-state index contributed by atoms with van der Waals surface area (Å²) in [5.41, 5.74) is 2.84. The number of rotatable bonds is 12. The number of aliphatic carboxylic acids is 1. The van der Waals surface area contributed by atoms with Crippen LogP contribution in [0.25, 0.3) is 11.1 Å². The van der Waals surface area contributed by atoms with Crippen molar-refractivity contribution in [1.29, 1.82) is 0 Å².